The lowest BCUT2D eigenvalue weighted by Gasteiger charge is -2.41. The molecule has 118 valence electrons. The number of carbonyl (C=O) groups excluding carboxylic acids is 2. The summed E-state index contributed by atoms with van der Waals surface area (Å²) in [6, 6.07) is 18.0. The molecule has 23 heavy (non-hydrogen) atoms. The minimum Gasteiger partial charge on any atom is -0.298 e. The standard InChI is InChI=1S/C20H20O2S/c1-14-18(17-9-7-16(13-21)8-10-17)20(19(14)22)23-12-11-15-5-3-2-4-6-15/h2-10,13-14,18,20H,11-12H2,1H3/t14?,18?,20-/m1/s1. The number of hydrogen-bond donors (Lipinski definition) is 0. The quantitative estimate of drug-likeness (QED) is 0.749. The highest BCUT2D eigenvalue weighted by molar-refractivity contribution is 8.00. The van der Waals surface area contributed by atoms with Crippen LogP contribution < -0.4 is 0 Å². The zero-order valence-corrected chi connectivity index (χ0v) is 14.0. The van der Waals surface area contributed by atoms with Gasteiger partial charge in [-0.3, -0.25) is 9.59 Å². The first-order valence-corrected chi connectivity index (χ1v) is 9.00. The maximum atomic E-state index is 12.2. The second-order valence-corrected chi connectivity index (χ2v) is 7.28. The summed E-state index contributed by atoms with van der Waals surface area (Å²) in [6.07, 6.45) is 1.84. The normalized spacial score (nSPS) is 23.3. The molecule has 0 spiro atoms. The lowest BCUT2D eigenvalue weighted by Crippen LogP contribution is -2.47. The van der Waals surface area contributed by atoms with Crippen molar-refractivity contribution < 1.29 is 9.59 Å². The fraction of sp³-hybridized carbons (Fsp3) is 0.300. The number of carbonyl (C=O) groups is 2. The van der Waals surface area contributed by atoms with E-state index < -0.39 is 0 Å². The molecular weight excluding hydrogens is 304 g/mol. The minimum atomic E-state index is 0.0517. The van der Waals surface area contributed by atoms with Gasteiger partial charge in [0.15, 0.2) is 0 Å². The zero-order chi connectivity index (χ0) is 16.2. The van der Waals surface area contributed by atoms with Crippen LogP contribution in [0.2, 0.25) is 0 Å². The van der Waals surface area contributed by atoms with Crippen molar-refractivity contribution in [2.75, 3.05) is 5.75 Å². The Morgan fingerprint density at radius 3 is 2.39 bits per heavy atom. The first-order chi connectivity index (χ1) is 11.2. The monoisotopic (exact) mass is 324 g/mol. The van der Waals surface area contributed by atoms with Gasteiger partial charge in [0.2, 0.25) is 0 Å². The molecule has 2 unspecified atom stereocenters. The van der Waals surface area contributed by atoms with Crippen LogP contribution in [0.5, 0.6) is 0 Å². The van der Waals surface area contributed by atoms with Crippen molar-refractivity contribution in [2.45, 2.75) is 24.5 Å². The van der Waals surface area contributed by atoms with Crippen molar-refractivity contribution in [3.05, 3.63) is 71.3 Å². The fourth-order valence-corrected chi connectivity index (χ4v) is 4.74. The van der Waals surface area contributed by atoms with E-state index in [1.165, 1.54) is 11.1 Å². The predicted molar refractivity (Wildman–Crippen MR) is 95.1 cm³/mol. The predicted octanol–water partition coefficient (Wildman–Crippen LogP) is 4.15. The first kappa shape index (κ1) is 16.0. The summed E-state index contributed by atoms with van der Waals surface area (Å²) < 4.78 is 0. The van der Waals surface area contributed by atoms with Gasteiger partial charge in [-0.05, 0) is 23.3 Å². The van der Waals surface area contributed by atoms with Gasteiger partial charge in [-0.1, -0.05) is 61.5 Å². The molecule has 0 N–H and O–H groups in total. The highest BCUT2D eigenvalue weighted by Gasteiger charge is 2.47. The molecule has 0 amide bonds. The summed E-state index contributed by atoms with van der Waals surface area (Å²) in [6.45, 7) is 2.01. The van der Waals surface area contributed by atoms with E-state index in [1.54, 1.807) is 11.8 Å². The van der Waals surface area contributed by atoms with Crippen molar-refractivity contribution in [2.24, 2.45) is 5.92 Å². The maximum absolute atomic E-state index is 12.2. The van der Waals surface area contributed by atoms with Gasteiger partial charge in [-0.2, -0.15) is 0 Å². The molecule has 1 fully saturated rings. The average Bonchev–Trinajstić information content (AvgIpc) is 2.61. The van der Waals surface area contributed by atoms with Crippen LogP contribution in [0.15, 0.2) is 54.6 Å². The van der Waals surface area contributed by atoms with Crippen LogP contribution in [0, 0.1) is 5.92 Å². The SMILES string of the molecule is CC1C(=O)[C@H](SCCc2ccccc2)C1c1ccc(C=O)cc1. The summed E-state index contributed by atoms with van der Waals surface area (Å²) in [5.41, 5.74) is 3.16. The van der Waals surface area contributed by atoms with Gasteiger partial charge in [0.05, 0.1) is 5.25 Å². The molecule has 3 heteroatoms. The van der Waals surface area contributed by atoms with E-state index in [0.29, 0.717) is 11.3 Å². The summed E-state index contributed by atoms with van der Waals surface area (Å²) in [7, 11) is 0. The van der Waals surface area contributed by atoms with Crippen molar-refractivity contribution in [3.63, 3.8) is 0 Å². The molecule has 1 aliphatic carbocycles. The summed E-state index contributed by atoms with van der Waals surface area (Å²) in [5, 5.41) is 0.0517. The molecule has 1 aliphatic rings. The van der Waals surface area contributed by atoms with Gasteiger partial charge in [0.1, 0.15) is 12.1 Å². The van der Waals surface area contributed by atoms with E-state index in [4.69, 9.17) is 0 Å². The molecule has 0 radical (unpaired) electrons. The third-order valence-corrected chi connectivity index (χ3v) is 5.91. The number of aldehydes is 1. The third-order valence-electron chi connectivity index (χ3n) is 4.58. The van der Waals surface area contributed by atoms with Crippen LogP contribution in [0.1, 0.15) is 34.3 Å². The molecule has 0 heterocycles. The Hall–Kier alpha value is -1.87. The number of Topliss-reactive ketones (excluding diaryl/α,β-unsaturated/α-hetero) is 1. The van der Waals surface area contributed by atoms with Crippen LogP contribution in [0.3, 0.4) is 0 Å². The van der Waals surface area contributed by atoms with E-state index in [2.05, 4.69) is 12.1 Å². The number of hydrogen-bond acceptors (Lipinski definition) is 3. The fourth-order valence-electron chi connectivity index (χ4n) is 3.15. The first-order valence-electron chi connectivity index (χ1n) is 7.95. The summed E-state index contributed by atoms with van der Waals surface area (Å²) >= 11 is 1.76. The molecule has 3 rings (SSSR count). The van der Waals surface area contributed by atoms with Crippen LogP contribution in [-0.2, 0) is 11.2 Å². The highest BCUT2D eigenvalue weighted by Crippen LogP contribution is 2.46. The van der Waals surface area contributed by atoms with E-state index >= 15 is 0 Å². The number of ketones is 1. The maximum Gasteiger partial charge on any atom is 0.150 e. The van der Waals surface area contributed by atoms with Crippen molar-refractivity contribution in [3.8, 4) is 0 Å². The van der Waals surface area contributed by atoms with Crippen molar-refractivity contribution in [1.82, 2.24) is 0 Å². The molecule has 0 bridgehead atoms. The van der Waals surface area contributed by atoms with Crippen molar-refractivity contribution in [1.29, 1.82) is 0 Å². The smallest absolute Gasteiger partial charge is 0.150 e. The molecule has 2 aromatic rings. The van der Waals surface area contributed by atoms with Crippen LogP contribution >= 0.6 is 11.8 Å². The van der Waals surface area contributed by atoms with Crippen LogP contribution in [0.25, 0.3) is 0 Å². The Balaban J connectivity index is 1.63. The molecule has 0 saturated heterocycles. The summed E-state index contributed by atoms with van der Waals surface area (Å²) in [4.78, 5) is 23.0. The zero-order valence-electron chi connectivity index (χ0n) is 13.1. The Kier molecular flexibility index (Phi) is 4.97. The second-order valence-electron chi connectivity index (χ2n) is 6.03. The van der Waals surface area contributed by atoms with Crippen LogP contribution in [-0.4, -0.2) is 23.1 Å². The molecule has 2 nitrogen and oxygen atoms in total. The van der Waals surface area contributed by atoms with Crippen molar-refractivity contribution >= 4 is 23.8 Å². The van der Waals surface area contributed by atoms with E-state index in [0.717, 1.165) is 18.5 Å². The lowest BCUT2D eigenvalue weighted by molar-refractivity contribution is -0.129. The topological polar surface area (TPSA) is 34.1 Å². The Labute approximate surface area is 141 Å². The molecule has 2 aromatic carbocycles. The van der Waals surface area contributed by atoms with E-state index in [9.17, 15) is 9.59 Å². The number of benzene rings is 2. The minimum absolute atomic E-state index is 0.0517. The number of aryl methyl sites for hydroxylation is 1. The van der Waals surface area contributed by atoms with E-state index in [1.807, 2.05) is 49.4 Å². The third kappa shape index (κ3) is 3.40. The van der Waals surface area contributed by atoms with E-state index in [-0.39, 0.29) is 17.1 Å². The molecule has 1 saturated carbocycles. The molecular formula is C20H20O2S. The van der Waals surface area contributed by atoms with Gasteiger partial charge in [-0.15, -0.1) is 11.8 Å². The Bertz CT molecular complexity index is 679. The Morgan fingerprint density at radius 2 is 1.74 bits per heavy atom. The van der Waals surface area contributed by atoms with Gasteiger partial charge < -0.3 is 0 Å². The summed E-state index contributed by atoms with van der Waals surface area (Å²) in [5.74, 6) is 1.65. The molecule has 0 aromatic heterocycles. The number of thioether (sulfide) groups is 1. The van der Waals surface area contributed by atoms with Gasteiger partial charge in [0.25, 0.3) is 0 Å². The van der Waals surface area contributed by atoms with Gasteiger partial charge >= 0.3 is 0 Å². The highest BCUT2D eigenvalue weighted by atomic mass is 32.2. The van der Waals surface area contributed by atoms with Gasteiger partial charge in [-0.25, -0.2) is 0 Å². The van der Waals surface area contributed by atoms with Gasteiger partial charge in [0, 0.05) is 17.4 Å². The molecule has 0 aliphatic heterocycles. The second kappa shape index (κ2) is 7.14. The molecule has 3 atom stereocenters. The lowest BCUT2D eigenvalue weighted by atomic mass is 9.69. The van der Waals surface area contributed by atoms with Crippen LogP contribution in [0.4, 0.5) is 0 Å². The Morgan fingerprint density at radius 1 is 1.04 bits per heavy atom. The number of rotatable bonds is 6. The average molecular weight is 324 g/mol. The largest absolute Gasteiger partial charge is 0.298 e.